The number of amides is 3. The van der Waals surface area contributed by atoms with Gasteiger partial charge in [0.15, 0.2) is 6.61 Å². The molecular formula is C22H20N2O5. The fourth-order valence-corrected chi connectivity index (χ4v) is 3.04. The van der Waals surface area contributed by atoms with Gasteiger partial charge in [-0.15, -0.1) is 6.58 Å². The number of hydrogen-bond donors (Lipinski definition) is 1. The highest BCUT2D eigenvalue weighted by atomic mass is 16.5. The number of fused-ring (bicyclic) bond motifs is 1. The quantitative estimate of drug-likeness (QED) is 0.444. The van der Waals surface area contributed by atoms with E-state index in [2.05, 4.69) is 11.9 Å². The zero-order valence-electron chi connectivity index (χ0n) is 15.9. The molecule has 1 atom stereocenters. The molecule has 0 saturated heterocycles. The van der Waals surface area contributed by atoms with Gasteiger partial charge in [-0.1, -0.05) is 36.4 Å². The van der Waals surface area contributed by atoms with Crippen molar-refractivity contribution in [2.75, 3.05) is 13.2 Å². The number of hydrogen-bond acceptors (Lipinski definition) is 5. The van der Waals surface area contributed by atoms with Gasteiger partial charge in [0.2, 0.25) is 0 Å². The smallest absolute Gasteiger partial charge is 0.338 e. The van der Waals surface area contributed by atoms with Gasteiger partial charge >= 0.3 is 5.97 Å². The van der Waals surface area contributed by atoms with Crippen LogP contribution in [0.3, 0.4) is 0 Å². The van der Waals surface area contributed by atoms with E-state index in [-0.39, 0.29) is 29.3 Å². The van der Waals surface area contributed by atoms with Crippen LogP contribution in [0.4, 0.5) is 0 Å². The Hall–Kier alpha value is -3.74. The maximum atomic E-state index is 12.3. The molecule has 0 aliphatic carbocycles. The summed E-state index contributed by atoms with van der Waals surface area (Å²) >= 11 is 0. The average molecular weight is 392 g/mol. The Morgan fingerprint density at radius 2 is 1.79 bits per heavy atom. The maximum absolute atomic E-state index is 12.3. The van der Waals surface area contributed by atoms with Crippen molar-refractivity contribution in [2.45, 2.75) is 13.0 Å². The van der Waals surface area contributed by atoms with Crippen LogP contribution in [0.1, 0.15) is 49.6 Å². The largest absolute Gasteiger partial charge is 0.452 e. The molecule has 0 unspecified atom stereocenters. The molecule has 1 aliphatic heterocycles. The second kappa shape index (κ2) is 8.52. The average Bonchev–Trinajstić information content (AvgIpc) is 2.97. The second-order valence-electron chi connectivity index (χ2n) is 6.55. The van der Waals surface area contributed by atoms with E-state index in [1.807, 2.05) is 37.3 Å². The maximum Gasteiger partial charge on any atom is 0.338 e. The Labute approximate surface area is 168 Å². The molecule has 0 aromatic heterocycles. The van der Waals surface area contributed by atoms with Gasteiger partial charge in [-0.2, -0.15) is 0 Å². The highest BCUT2D eigenvalue weighted by molar-refractivity contribution is 6.22. The van der Waals surface area contributed by atoms with E-state index in [4.69, 9.17) is 4.74 Å². The Morgan fingerprint density at radius 3 is 2.48 bits per heavy atom. The molecule has 148 valence electrons. The molecule has 0 saturated carbocycles. The van der Waals surface area contributed by atoms with Crippen molar-refractivity contribution in [1.82, 2.24) is 10.2 Å². The van der Waals surface area contributed by atoms with Gasteiger partial charge in [0.1, 0.15) is 0 Å². The third-order valence-corrected chi connectivity index (χ3v) is 4.53. The molecule has 2 aromatic carbocycles. The van der Waals surface area contributed by atoms with Crippen LogP contribution in [-0.4, -0.2) is 41.7 Å². The minimum Gasteiger partial charge on any atom is -0.452 e. The summed E-state index contributed by atoms with van der Waals surface area (Å²) in [5, 5.41) is 2.75. The normalized spacial score (nSPS) is 13.6. The van der Waals surface area contributed by atoms with Gasteiger partial charge in [-0.05, 0) is 30.7 Å². The first kappa shape index (κ1) is 20.0. The van der Waals surface area contributed by atoms with Crippen molar-refractivity contribution < 1.29 is 23.9 Å². The fraction of sp³-hybridized carbons (Fsp3) is 0.182. The number of carbonyl (C=O) groups is 4. The lowest BCUT2D eigenvalue weighted by Gasteiger charge is -2.14. The van der Waals surface area contributed by atoms with Crippen LogP contribution in [0, 0.1) is 0 Å². The van der Waals surface area contributed by atoms with E-state index < -0.39 is 30.3 Å². The van der Waals surface area contributed by atoms with Gasteiger partial charge < -0.3 is 10.1 Å². The van der Waals surface area contributed by atoms with E-state index in [0.29, 0.717) is 0 Å². The van der Waals surface area contributed by atoms with E-state index in [1.54, 1.807) is 0 Å². The first-order valence-corrected chi connectivity index (χ1v) is 9.05. The molecule has 29 heavy (non-hydrogen) atoms. The number of imide groups is 1. The van der Waals surface area contributed by atoms with Crippen molar-refractivity contribution >= 4 is 23.7 Å². The number of rotatable bonds is 7. The number of esters is 1. The topological polar surface area (TPSA) is 92.8 Å². The number of benzene rings is 2. The third kappa shape index (κ3) is 4.24. The number of ether oxygens (including phenoxy) is 1. The number of carbonyl (C=O) groups excluding carboxylic acids is 4. The zero-order chi connectivity index (χ0) is 21.0. The summed E-state index contributed by atoms with van der Waals surface area (Å²) in [6, 6.07) is 13.3. The molecule has 1 aliphatic rings. The van der Waals surface area contributed by atoms with Crippen molar-refractivity contribution in [3.05, 3.63) is 83.4 Å². The van der Waals surface area contributed by atoms with Crippen molar-refractivity contribution in [2.24, 2.45) is 0 Å². The van der Waals surface area contributed by atoms with Crippen LogP contribution in [0.2, 0.25) is 0 Å². The highest BCUT2D eigenvalue weighted by Gasteiger charge is 2.35. The summed E-state index contributed by atoms with van der Waals surface area (Å²) in [5.74, 6) is -2.12. The minimum atomic E-state index is -0.752. The lowest BCUT2D eigenvalue weighted by molar-refractivity contribution is -0.124. The van der Waals surface area contributed by atoms with Crippen LogP contribution in [0.25, 0.3) is 0 Å². The summed E-state index contributed by atoms with van der Waals surface area (Å²) in [6.07, 6.45) is 1.45. The summed E-state index contributed by atoms with van der Waals surface area (Å²) in [5.41, 5.74) is 1.38. The molecule has 7 heteroatoms. The molecule has 2 aromatic rings. The van der Waals surface area contributed by atoms with E-state index in [0.717, 1.165) is 10.5 Å². The van der Waals surface area contributed by atoms with Crippen LogP contribution in [0.15, 0.2) is 61.2 Å². The van der Waals surface area contributed by atoms with E-state index in [9.17, 15) is 19.2 Å². The fourth-order valence-electron chi connectivity index (χ4n) is 3.04. The molecule has 7 nitrogen and oxygen atoms in total. The summed E-state index contributed by atoms with van der Waals surface area (Å²) in [7, 11) is 0. The van der Waals surface area contributed by atoms with E-state index in [1.165, 1.54) is 24.3 Å². The van der Waals surface area contributed by atoms with Crippen LogP contribution in [0.5, 0.6) is 0 Å². The third-order valence-electron chi connectivity index (χ3n) is 4.53. The van der Waals surface area contributed by atoms with Crippen LogP contribution >= 0.6 is 0 Å². The zero-order valence-corrected chi connectivity index (χ0v) is 15.9. The Balaban J connectivity index is 1.61. The number of nitrogens with one attached hydrogen (secondary N) is 1. The molecule has 3 rings (SSSR count). The summed E-state index contributed by atoms with van der Waals surface area (Å²) in [4.78, 5) is 49.9. The molecule has 0 bridgehead atoms. The molecule has 0 fully saturated rings. The Morgan fingerprint density at radius 1 is 1.10 bits per heavy atom. The van der Waals surface area contributed by atoms with Gasteiger partial charge in [-0.25, -0.2) is 4.79 Å². The minimum absolute atomic E-state index is 0.0892. The first-order valence-electron chi connectivity index (χ1n) is 9.05. The molecule has 0 radical (unpaired) electrons. The Bertz CT molecular complexity index is 984. The van der Waals surface area contributed by atoms with Crippen molar-refractivity contribution in [1.29, 1.82) is 0 Å². The van der Waals surface area contributed by atoms with Gasteiger partial charge in [0.05, 0.1) is 22.7 Å². The van der Waals surface area contributed by atoms with Gasteiger partial charge in [0, 0.05) is 6.54 Å². The summed E-state index contributed by atoms with van der Waals surface area (Å²) in [6.45, 7) is 4.98. The molecule has 1 N–H and O–H groups in total. The lowest BCUT2D eigenvalue weighted by atomic mass is 10.1. The van der Waals surface area contributed by atoms with Crippen molar-refractivity contribution in [3.63, 3.8) is 0 Å². The predicted octanol–water partition coefficient (Wildman–Crippen LogP) is 2.50. The standard InChI is InChI=1S/C22H20N2O5/c1-3-11-24-20(26)17-10-9-16(12-18(17)21(24)27)22(28)29-13-19(25)23-14(2)15-7-5-4-6-8-15/h3-10,12,14H,1,11,13H2,2H3,(H,23,25)/t14-/m0/s1. The molecule has 0 spiro atoms. The molecule has 3 amide bonds. The second-order valence-corrected chi connectivity index (χ2v) is 6.55. The van der Waals surface area contributed by atoms with Gasteiger partial charge in [-0.3, -0.25) is 19.3 Å². The molecule has 1 heterocycles. The van der Waals surface area contributed by atoms with Crippen molar-refractivity contribution in [3.8, 4) is 0 Å². The van der Waals surface area contributed by atoms with Crippen LogP contribution < -0.4 is 5.32 Å². The monoisotopic (exact) mass is 392 g/mol. The summed E-state index contributed by atoms with van der Waals surface area (Å²) < 4.78 is 5.05. The van der Waals surface area contributed by atoms with Crippen LogP contribution in [-0.2, 0) is 9.53 Å². The highest BCUT2D eigenvalue weighted by Crippen LogP contribution is 2.24. The lowest BCUT2D eigenvalue weighted by Crippen LogP contribution is -2.31. The van der Waals surface area contributed by atoms with E-state index >= 15 is 0 Å². The number of nitrogens with zero attached hydrogens (tertiary/aromatic N) is 1. The van der Waals surface area contributed by atoms with Gasteiger partial charge in [0.25, 0.3) is 17.7 Å². The molecular weight excluding hydrogens is 372 g/mol. The Kier molecular flexibility index (Phi) is 5.87. The predicted molar refractivity (Wildman–Crippen MR) is 105 cm³/mol. The first-order chi connectivity index (χ1) is 13.9. The SMILES string of the molecule is C=CCN1C(=O)c2ccc(C(=O)OCC(=O)N[C@@H](C)c3ccccc3)cc2C1=O.